The lowest BCUT2D eigenvalue weighted by Gasteiger charge is -2.41. The van der Waals surface area contributed by atoms with Crippen LogP contribution in [0.15, 0.2) is 48.5 Å². The highest BCUT2D eigenvalue weighted by atomic mass is 16.5. The lowest BCUT2D eigenvalue weighted by Crippen LogP contribution is -2.57. The fourth-order valence-electron chi connectivity index (χ4n) is 4.96. The largest absolute Gasteiger partial charge is 0.480 e. The van der Waals surface area contributed by atoms with Crippen LogP contribution in [0.3, 0.4) is 0 Å². The van der Waals surface area contributed by atoms with Crippen molar-refractivity contribution < 1.29 is 24.2 Å². The van der Waals surface area contributed by atoms with Gasteiger partial charge in [-0.05, 0) is 42.1 Å². The number of rotatable bonds is 7. The summed E-state index contributed by atoms with van der Waals surface area (Å²) in [7, 11) is 3.46. The van der Waals surface area contributed by atoms with E-state index in [4.69, 9.17) is 9.84 Å². The van der Waals surface area contributed by atoms with Crippen molar-refractivity contribution in [1.29, 1.82) is 0 Å². The van der Waals surface area contributed by atoms with Gasteiger partial charge in [0.25, 0.3) is 0 Å². The molecule has 34 heavy (non-hydrogen) atoms. The molecule has 1 aliphatic heterocycles. The van der Waals surface area contributed by atoms with Gasteiger partial charge in [0.05, 0.1) is 12.0 Å². The van der Waals surface area contributed by atoms with Gasteiger partial charge in [0, 0.05) is 26.1 Å². The molecule has 2 aromatic rings. The molecule has 2 amide bonds. The Morgan fingerprint density at radius 1 is 1.06 bits per heavy atom. The second kappa shape index (κ2) is 9.85. The molecule has 180 valence electrons. The van der Waals surface area contributed by atoms with E-state index in [9.17, 15) is 14.4 Å². The summed E-state index contributed by atoms with van der Waals surface area (Å²) in [5.74, 6) is -1.43. The Kier molecular flexibility index (Phi) is 6.88. The van der Waals surface area contributed by atoms with E-state index in [-0.39, 0.29) is 31.4 Å². The van der Waals surface area contributed by atoms with E-state index < -0.39 is 17.6 Å². The average Bonchev–Trinajstić information content (AvgIpc) is 3.13. The van der Waals surface area contributed by atoms with E-state index in [0.29, 0.717) is 12.8 Å². The number of ether oxygens (including phenoxy) is 1. The molecular weight excluding hydrogens is 434 g/mol. The molecule has 0 spiro atoms. The highest BCUT2D eigenvalue weighted by Crippen LogP contribution is 2.44. The summed E-state index contributed by atoms with van der Waals surface area (Å²) in [6, 6.07) is 16.3. The van der Waals surface area contributed by atoms with Gasteiger partial charge in [-0.25, -0.2) is 4.79 Å². The number of amides is 2. The van der Waals surface area contributed by atoms with Crippen molar-refractivity contribution in [3.63, 3.8) is 0 Å². The van der Waals surface area contributed by atoms with Crippen molar-refractivity contribution in [2.45, 2.75) is 30.7 Å². The van der Waals surface area contributed by atoms with E-state index in [1.54, 1.807) is 0 Å². The minimum absolute atomic E-state index is 0.0365. The standard InChI is InChI=1S/C26H31N3O5/c1-28-13-11-26(12-14-28,15-23(30)29(2)16-24(31)32)27-25(33)34-17-22-20-9-5-3-7-18(20)19-8-4-6-10-21(19)22/h3-10,22H,11-17H2,1-2H3,(H,27,33)(H,31,32). The van der Waals surface area contributed by atoms with Crippen LogP contribution in [0, 0.1) is 0 Å². The fourth-order valence-corrected chi connectivity index (χ4v) is 4.96. The number of hydrogen-bond acceptors (Lipinski definition) is 5. The van der Waals surface area contributed by atoms with Crippen molar-refractivity contribution >= 4 is 18.0 Å². The molecule has 0 aromatic heterocycles. The average molecular weight is 466 g/mol. The number of alkyl carbamates (subject to hydrolysis) is 1. The Bertz CT molecular complexity index is 1030. The third-order valence-corrected chi connectivity index (χ3v) is 6.94. The summed E-state index contributed by atoms with van der Waals surface area (Å²) >= 11 is 0. The zero-order valence-electron chi connectivity index (χ0n) is 19.6. The van der Waals surface area contributed by atoms with Gasteiger partial charge in [-0.3, -0.25) is 9.59 Å². The van der Waals surface area contributed by atoms with Crippen molar-refractivity contribution in [3.05, 3.63) is 59.7 Å². The molecule has 2 aromatic carbocycles. The molecule has 2 N–H and O–H groups in total. The third kappa shape index (κ3) is 5.07. The first-order valence-corrected chi connectivity index (χ1v) is 11.6. The lowest BCUT2D eigenvalue weighted by atomic mass is 9.84. The topological polar surface area (TPSA) is 99.2 Å². The van der Waals surface area contributed by atoms with Gasteiger partial charge in [-0.2, -0.15) is 0 Å². The molecule has 0 radical (unpaired) electrons. The van der Waals surface area contributed by atoms with Crippen LogP contribution in [0.5, 0.6) is 0 Å². The van der Waals surface area contributed by atoms with Gasteiger partial charge in [0.15, 0.2) is 0 Å². The molecule has 0 unspecified atom stereocenters. The molecule has 2 aliphatic rings. The van der Waals surface area contributed by atoms with Gasteiger partial charge >= 0.3 is 12.1 Å². The molecule has 0 atom stereocenters. The number of fused-ring (bicyclic) bond motifs is 3. The molecule has 1 aliphatic carbocycles. The maximum atomic E-state index is 12.9. The zero-order valence-corrected chi connectivity index (χ0v) is 19.6. The van der Waals surface area contributed by atoms with Gasteiger partial charge in [0.1, 0.15) is 13.2 Å². The molecule has 8 heteroatoms. The molecular formula is C26H31N3O5. The van der Waals surface area contributed by atoms with E-state index in [2.05, 4.69) is 34.5 Å². The number of nitrogens with zero attached hydrogens (tertiary/aromatic N) is 2. The predicted molar refractivity (Wildman–Crippen MR) is 128 cm³/mol. The van der Waals surface area contributed by atoms with Crippen LogP contribution in [0.4, 0.5) is 4.79 Å². The summed E-state index contributed by atoms with van der Waals surface area (Å²) in [4.78, 5) is 40.0. The van der Waals surface area contributed by atoms with Crippen LogP contribution >= 0.6 is 0 Å². The highest BCUT2D eigenvalue weighted by Gasteiger charge is 2.39. The number of hydrogen-bond donors (Lipinski definition) is 2. The third-order valence-electron chi connectivity index (χ3n) is 6.94. The van der Waals surface area contributed by atoms with Crippen LogP contribution in [0.25, 0.3) is 11.1 Å². The number of likely N-dealkylation sites (tertiary alicyclic amines) is 1. The normalized spacial score (nSPS) is 16.9. The first-order chi connectivity index (χ1) is 16.3. The molecule has 1 fully saturated rings. The molecule has 4 rings (SSSR count). The van der Waals surface area contributed by atoms with Crippen LogP contribution in [0.2, 0.25) is 0 Å². The zero-order chi connectivity index (χ0) is 24.3. The quantitative estimate of drug-likeness (QED) is 0.652. The van der Waals surface area contributed by atoms with E-state index in [1.807, 2.05) is 31.3 Å². The van der Waals surface area contributed by atoms with E-state index in [0.717, 1.165) is 35.3 Å². The Labute approximate surface area is 199 Å². The van der Waals surface area contributed by atoms with Crippen molar-refractivity contribution in [3.8, 4) is 11.1 Å². The van der Waals surface area contributed by atoms with Crippen LogP contribution in [-0.2, 0) is 14.3 Å². The Hall–Kier alpha value is -3.39. The Morgan fingerprint density at radius 3 is 2.18 bits per heavy atom. The summed E-state index contributed by atoms with van der Waals surface area (Å²) in [6.45, 7) is 1.27. The van der Waals surface area contributed by atoms with Crippen LogP contribution in [-0.4, -0.2) is 78.8 Å². The van der Waals surface area contributed by atoms with Crippen molar-refractivity contribution in [2.24, 2.45) is 0 Å². The second-order valence-corrected chi connectivity index (χ2v) is 9.35. The Morgan fingerprint density at radius 2 is 1.62 bits per heavy atom. The van der Waals surface area contributed by atoms with Crippen molar-refractivity contribution in [2.75, 3.05) is 40.3 Å². The summed E-state index contributed by atoms with van der Waals surface area (Å²) in [5.41, 5.74) is 3.82. The summed E-state index contributed by atoms with van der Waals surface area (Å²) in [6.07, 6.45) is 0.648. The molecule has 1 heterocycles. The van der Waals surface area contributed by atoms with Gasteiger partial charge in [-0.15, -0.1) is 0 Å². The molecule has 1 saturated heterocycles. The second-order valence-electron chi connectivity index (χ2n) is 9.35. The summed E-state index contributed by atoms with van der Waals surface area (Å²) in [5, 5.41) is 12.0. The highest BCUT2D eigenvalue weighted by molar-refractivity contribution is 5.83. The van der Waals surface area contributed by atoms with E-state index >= 15 is 0 Å². The molecule has 8 nitrogen and oxygen atoms in total. The lowest BCUT2D eigenvalue weighted by molar-refractivity contribution is -0.144. The number of carbonyl (C=O) groups excluding carboxylic acids is 2. The van der Waals surface area contributed by atoms with Crippen molar-refractivity contribution in [1.82, 2.24) is 15.1 Å². The maximum Gasteiger partial charge on any atom is 0.407 e. The minimum atomic E-state index is -1.07. The maximum absolute atomic E-state index is 12.9. The monoisotopic (exact) mass is 465 g/mol. The number of carboxylic acids is 1. The fraction of sp³-hybridized carbons (Fsp3) is 0.423. The first kappa shape index (κ1) is 23.8. The van der Waals surface area contributed by atoms with E-state index in [1.165, 1.54) is 11.9 Å². The van der Waals surface area contributed by atoms with Gasteiger partial charge in [0.2, 0.25) is 5.91 Å². The SMILES string of the molecule is CN1CCC(CC(=O)N(C)CC(=O)O)(NC(=O)OCC2c3ccccc3-c3ccccc32)CC1. The first-order valence-electron chi connectivity index (χ1n) is 11.6. The minimum Gasteiger partial charge on any atom is -0.480 e. The number of carboxylic acid groups (broad SMARTS) is 1. The Balaban J connectivity index is 1.44. The number of likely N-dealkylation sites (N-methyl/N-ethyl adjacent to an activating group) is 1. The number of carbonyl (C=O) groups is 3. The number of piperidine rings is 1. The van der Waals surface area contributed by atoms with Crippen LogP contribution < -0.4 is 5.32 Å². The van der Waals surface area contributed by atoms with Gasteiger partial charge in [-0.1, -0.05) is 48.5 Å². The number of aliphatic carboxylic acids is 1. The van der Waals surface area contributed by atoms with Gasteiger partial charge < -0.3 is 25.0 Å². The summed E-state index contributed by atoms with van der Waals surface area (Å²) < 4.78 is 5.72. The molecule has 0 saturated carbocycles. The smallest absolute Gasteiger partial charge is 0.407 e. The van der Waals surface area contributed by atoms with Crippen LogP contribution in [0.1, 0.15) is 36.3 Å². The molecule has 0 bridgehead atoms. The predicted octanol–water partition coefficient (Wildman–Crippen LogP) is 2.92. The number of nitrogens with one attached hydrogen (secondary N) is 1. The number of benzene rings is 2.